The van der Waals surface area contributed by atoms with Gasteiger partial charge in [0.2, 0.25) is 0 Å². The summed E-state index contributed by atoms with van der Waals surface area (Å²) in [7, 11) is 0. The molecule has 0 unspecified atom stereocenters. The Morgan fingerprint density at radius 1 is 1.25 bits per heavy atom. The van der Waals surface area contributed by atoms with E-state index >= 15 is 0 Å². The summed E-state index contributed by atoms with van der Waals surface area (Å²) < 4.78 is 5.41. The highest BCUT2D eigenvalue weighted by Gasteiger charge is 2.07. The molecule has 0 atom stereocenters. The van der Waals surface area contributed by atoms with Crippen LogP contribution < -0.4 is 5.32 Å². The molecule has 0 fully saturated rings. The van der Waals surface area contributed by atoms with Crippen molar-refractivity contribution in [2.45, 2.75) is 13.8 Å². The summed E-state index contributed by atoms with van der Waals surface area (Å²) in [4.78, 5) is 0. The van der Waals surface area contributed by atoms with Gasteiger partial charge in [0, 0.05) is 12.1 Å². The lowest BCUT2D eigenvalue weighted by Crippen LogP contribution is -2.25. The van der Waals surface area contributed by atoms with Crippen LogP contribution in [0.4, 0.5) is 0 Å². The molecule has 12 heavy (non-hydrogen) atoms. The molecular weight excluding hydrogens is 150 g/mol. The molecule has 1 heterocycles. The van der Waals surface area contributed by atoms with E-state index in [0.29, 0.717) is 6.73 Å². The molecule has 0 aromatic rings. The van der Waals surface area contributed by atoms with Gasteiger partial charge in [-0.05, 0) is 19.9 Å². The lowest BCUT2D eigenvalue weighted by atomic mass is 10.2. The van der Waals surface area contributed by atoms with Crippen LogP contribution in [0, 0.1) is 0 Å². The summed E-state index contributed by atoms with van der Waals surface area (Å²) in [5.41, 5.74) is 1.21. The lowest BCUT2D eigenvalue weighted by Gasteiger charge is -2.18. The zero-order valence-electron chi connectivity index (χ0n) is 7.63. The maximum Gasteiger partial charge on any atom is 0.139 e. The first-order valence-corrected chi connectivity index (χ1v) is 4.20. The minimum Gasteiger partial charge on any atom is -0.478 e. The number of ether oxygens (including phenoxy) is 1. The first-order chi connectivity index (χ1) is 5.88. The molecule has 2 heteroatoms. The monoisotopic (exact) mass is 165 g/mol. The molecule has 0 aromatic carbocycles. The first-order valence-electron chi connectivity index (χ1n) is 4.20. The van der Waals surface area contributed by atoms with E-state index in [1.807, 2.05) is 32.1 Å². The van der Waals surface area contributed by atoms with Crippen LogP contribution in [0.3, 0.4) is 0 Å². The Labute approximate surface area is 73.6 Å². The van der Waals surface area contributed by atoms with Gasteiger partial charge in [0.1, 0.15) is 12.5 Å². The Hall–Kier alpha value is -1.02. The van der Waals surface area contributed by atoms with Crippen molar-refractivity contribution in [3.8, 4) is 0 Å². The third-order valence-electron chi connectivity index (χ3n) is 1.65. The first kappa shape index (κ1) is 9.07. The van der Waals surface area contributed by atoms with Crippen LogP contribution in [0.1, 0.15) is 13.8 Å². The third kappa shape index (κ3) is 2.24. The Morgan fingerprint density at radius 3 is 2.67 bits per heavy atom. The van der Waals surface area contributed by atoms with Gasteiger partial charge in [-0.1, -0.05) is 18.2 Å². The van der Waals surface area contributed by atoms with Gasteiger partial charge in [0.25, 0.3) is 0 Å². The fraction of sp³-hybridized carbons (Fsp3) is 0.400. The second kappa shape index (κ2) is 4.78. The second-order valence-electron chi connectivity index (χ2n) is 2.60. The lowest BCUT2D eigenvalue weighted by molar-refractivity contribution is 0.184. The minimum absolute atomic E-state index is 0.612. The van der Waals surface area contributed by atoms with Crippen LogP contribution in [0.2, 0.25) is 0 Å². The molecule has 0 amide bonds. The van der Waals surface area contributed by atoms with Gasteiger partial charge < -0.3 is 4.74 Å². The SMILES string of the molecule is C/C=C\C1=C(/C=C\C)OCNC1. The van der Waals surface area contributed by atoms with Crippen molar-refractivity contribution in [2.75, 3.05) is 13.3 Å². The van der Waals surface area contributed by atoms with Crippen LogP contribution >= 0.6 is 0 Å². The number of hydrogen-bond acceptors (Lipinski definition) is 2. The van der Waals surface area contributed by atoms with Crippen molar-refractivity contribution in [3.05, 3.63) is 35.6 Å². The van der Waals surface area contributed by atoms with E-state index in [1.54, 1.807) is 0 Å². The van der Waals surface area contributed by atoms with E-state index in [4.69, 9.17) is 4.74 Å². The topological polar surface area (TPSA) is 21.3 Å². The largest absolute Gasteiger partial charge is 0.478 e. The van der Waals surface area contributed by atoms with Crippen LogP contribution in [-0.4, -0.2) is 13.3 Å². The third-order valence-corrected chi connectivity index (χ3v) is 1.65. The van der Waals surface area contributed by atoms with E-state index in [-0.39, 0.29) is 0 Å². The van der Waals surface area contributed by atoms with Gasteiger partial charge in [-0.15, -0.1) is 0 Å². The summed E-state index contributed by atoms with van der Waals surface area (Å²) in [6, 6.07) is 0. The zero-order chi connectivity index (χ0) is 8.81. The number of rotatable bonds is 2. The van der Waals surface area contributed by atoms with Crippen molar-refractivity contribution in [2.24, 2.45) is 0 Å². The number of allylic oxidation sites excluding steroid dienone is 3. The highest BCUT2D eigenvalue weighted by molar-refractivity contribution is 5.31. The average Bonchev–Trinajstić information content (AvgIpc) is 2.09. The van der Waals surface area contributed by atoms with Gasteiger partial charge in [-0.25, -0.2) is 0 Å². The molecule has 66 valence electrons. The molecule has 2 nitrogen and oxygen atoms in total. The molecular formula is C10H15NO. The average molecular weight is 165 g/mol. The van der Waals surface area contributed by atoms with Gasteiger partial charge >= 0.3 is 0 Å². The molecule has 0 aliphatic carbocycles. The predicted molar refractivity (Wildman–Crippen MR) is 50.6 cm³/mol. The Morgan fingerprint density at radius 2 is 2.00 bits per heavy atom. The van der Waals surface area contributed by atoms with Crippen molar-refractivity contribution in [3.63, 3.8) is 0 Å². The van der Waals surface area contributed by atoms with Crippen LogP contribution in [0.25, 0.3) is 0 Å². The number of nitrogens with one attached hydrogen (secondary N) is 1. The second-order valence-corrected chi connectivity index (χ2v) is 2.60. The van der Waals surface area contributed by atoms with Crippen molar-refractivity contribution < 1.29 is 4.74 Å². The van der Waals surface area contributed by atoms with Gasteiger partial charge in [-0.3, -0.25) is 5.32 Å². The maximum absolute atomic E-state index is 5.41. The Kier molecular flexibility index (Phi) is 3.61. The molecule has 1 aliphatic rings. The number of hydrogen-bond donors (Lipinski definition) is 1. The van der Waals surface area contributed by atoms with Crippen molar-refractivity contribution in [1.29, 1.82) is 0 Å². The quantitative estimate of drug-likeness (QED) is 0.675. The highest BCUT2D eigenvalue weighted by Crippen LogP contribution is 2.12. The molecule has 0 radical (unpaired) electrons. The minimum atomic E-state index is 0.612. The smallest absolute Gasteiger partial charge is 0.139 e. The van der Waals surface area contributed by atoms with Crippen LogP contribution in [0.15, 0.2) is 35.6 Å². The molecule has 1 aliphatic heterocycles. The molecule has 0 saturated carbocycles. The Balaban J connectivity index is 2.82. The Bertz CT molecular complexity index is 202. The van der Waals surface area contributed by atoms with Gasteiger partial charge in [-0.2, -0.15) is 0 Å². The standard InChI is InChI=1S/C10H15NO/c1-3-5-9-7-11-8-12-10(9)6-4-2/h3-6,11H,7-8H2,1-2H3/b5-3-,6-4-. The predicted octanol–water partition coefficient (Wildman–Crippen LogP) is 1.97. The van der Waals surface area contributed by atoms with Gasteiger partial charge in [0.15, 0.2) is 0 Å². The van der Waals surface area contributed by atoms with E-state index in [9.17, 15) is 0 Å². The molecule has 0 saturated heterocycles. The molecule has 0 aromatic heterocycles. The molecule has 0 bridgehead atoms. The molecule has 1 N–H and O–H groups in total. The summed E-state index contributed by atoms with van der Waals surface area (Å²) in [6.45, 7) is 5.51. The van der Waals surface area contributed by atoms with E-state index < -0.39 is 0 Å². The maximum atomic E-state index is 5.41. The van der Waals surface area contributed by atoms with Gasteiger partial charge in [0.05, 0.1) is 0 Å². The summed E-state index contributed by atoms with van der Waals surface area (Å²) >= 11 is 0. The molecule has 0 spiro atoms. The van der Waals surface area contributed by atoms with Crippen molar-refractivity contribution in [1.82, 2.24) is 5.32 Å². The fourth-order valence-electron chi connectivity index (χ4n) is 1.14. The summed E-state index contributed by atoms with van der Waals surface area (Å²) in [5, 5.41) is 3.14. The van der Waals surface area contributed by atoms with E-state index in [2.05, 4.69) is 11.4 Å². The normalized spacial score (nSPS) is 19.2. The zero-order valence-corrected chi connectivity index (χ0v) is 7.63. The van der Waals surface area contributed by atoms with E-state index in [0.717, 1.165) is 12.3 Å². The van der Waals surface area contributed by atoms with Crippen molar-refractivity contribution >= 4 is 0 Å². The molecule has 1 rings (SSSR count). The highest BCUT2D eigenvalue weighted by atomic mass is 16.5. The fourth-order valence-corrected chi connectivity index (χ4v) is 1.14. The summed E-state index contributed by atoms with van der Waals surface area (Å²) in [5.74, 6) is 0.981. The van der Waals surface area contributed by atoms with Crippen LogP contribution in [-0.2, 0) is 4.74 Å². The summed E-state index contributed by atoms with van der Waals surface area (Å²) in [6.07, 6.45) is 8.08. The van der Waals surface area contributed by atoms with E-state index in [1.165, 1.54) is 5.57 Å². The van der Waals surface area contributed by atoms with Crippen LogP contribution in [0.5, 0.6) is 0 Å².